The molecule has 0 aliphatic rings. The van der Waals surface area contributed by atoms with Gasteiger partial charge < -0.3 is 9.30 Å². The molecule has 1 rings (SSSR count). The van der Waals surface area contributed by atoms with Crippen LogP contribution in [0.5, 0.6) is 0 Å². The van der Waals surface area contributed by atoms with Crippen molar-refractivity contribution >= 4 is 0 Å². The zero-order valence-corrected chi connectivity index (χ0v) is 9.82. The lowest BCUT2D eigenvalue weighted by Crippen LogP contribution is -2.52. The van der Waals surface area contributed by atoms with E-state index in [9.17, 15) is 0 Å². The highest BCUT2D eigenvalue weighted by Crippen LogP contribution is 2.16. The Balaban J connectivity index is 2.74. The molecule has 86 valence electrons. The largest absolute Gasteiger partial charge is 0.377 e. The molecule has 0 saturated heterocycles. The van der Waals surface area contributed by atoms with Crippen molar-refractivity contribution in [3.8, 4) is 0 Å². The summed E-state index contributed by atoms with van der Waals surface area (Å²) in [5, 5.41) is 0. The number of ether oxygens (including phenoxy) is 1. The minimum absolute atomic E-state index is 0.0311. The predicted molar refractivity (Wildman–Crippen MR) is 59.1 cm³/mol. The van der Waals surface area contributed by atoms with E-state index < -0.39 is 0 Å². The van der Waals surface area contributed by atoms with E-state index in [0.29, 0.717) is 0 Å². The second kappa shape index (κ2) is 4.74. The van der Waals surface area contributed by atoms with Gasteiger partial charge in [-0.15, -0.1) is 0 Å². The van der Waals surface area contributed by atoms with Gasteiger partial charge in [-0.25, -0.2) is 4.98 Å². The first-order valence-electron chi connectivity index (χ1n) is 4.98. The van der Waals surface area contributed by atoms with Crippen LogP contribution in [0, 0.1) is 0 Å². The van der Waals surface area contributed by atoms with Crippen LogP contribution in [0.3, 0.4) is 0 Å². The molecule has 5 nitrogen and oxygen atoms in total. The molecule has 0 saturated carbocycles. The van der Waals surface area contributed by atoms with Gasteiger partial charge in [-0.1, -0.05) is 0 Å². The fraction of sp³-hybridized carbons (Fsp3) is 0.700. The van der Waals surface area contributed by atoms with Gasteiger partial charge in [-0.3, -0.25) is 11.3 Å². The SMILES string of the molecule is COC(C)(C)C(Cc1nccn1C)NN. The second-order valence-corrected chi connectivity index (χ2v) is 4.19. The number of nitrogens with zero attached hydrogens (tertiary/aromatic N) is 2. The van der Waals surface area contributed by atoms with Gasteiger partial charge in [0.05, 0.1) is 11.6 Å². The number of rotatable bonds is 5. The van der Waals surface area contributed by atoms with Gasteiger partial charge in [0.1, 0.15) is 5.82 Å². The van der Waals surface area contributed by atoms with Crippen molar-refractivity contribution in [1.29, 1.82) is 0 Å². The third-order valence-corrected chi connectivity index (χ3v) is 2.87. The van der Waals surface area contributed by atoms with Crippen molar-refractivity contribution in [2.45, 2.75) is 31.9 Å². The number of hydrazine groups is 1. The van der Waals surface area contributed by atoms with Crippen LogP contribution in [0.25, 0.3) is 0 Å². The summed E-state index contributed by atoms with van der Waals surface area (Å²) in [4.78, 5) is 4.26. The number of aryl methyl sites for hydroxylation is 1. The van der Waals surface area contributed by atoms with E-state index in [4.69, 9.17) is 10.6 Å². The van der Waals surface area contributed by atoms with E-state index in [1.807, 2.05) is 31.7 Å². The third-order valence-electron chi connectivity index (χ3n) is 2.87. The molecule has 15 heavy (non-hydrogen) atoms. The minimum atomic E-state index is -0.319. The van der Waals surface area contributed by atoms with Gasteiger partial charge in [0.25, 0.3) is 0 Å². The van der Waals surface area contributed by atoms with Gasteiger partial charge >= 0.3 is 0 Å². The van der Waals surface area contributed by atoms with Crippen molar-refractivity contribution in [3.05, 3.63) is 18.2 Å². The van der Waals surface area contributed by atoms with Crippen molar-refractivity contribution in [2.75, 3.05) is 7.11 Å². The van der Waals surface area contributed by atoms with Crippen LogP contribution in [0.15, 0.2) is 12.4 Å². The van der Waals surface area contributed by atoms with Gasteiger partial charge in [0.15, 0.2) is 0 Å². The molecular weight excluding hydrogens is 192 g/mol. The number of imidazole rings is 1. The molecule has 1 aromatic rings. The Bertz CT molecular complexity index is 308. The van der Waals surface area contributed by atoms with Crippen LogP contribution in [-0.2, 0) is 18.2 Å². The fourth-order valence-electron chi connectivity index (χ4n) is 1.42. The van der Waals surface area contributed by atoms with Crippen molar-refractivity contribution in [2.24, 2.45) is 12.9 Å². The lowest BCUT2D eigenvalue weighted by molar-refractivity contribution is -0.0107. The fourth-order valence-corrected chi connectivity index (χ4v) is 1.42. The van der Waals surface area contributed by atoms with Crippen LogP contribution in [0.2, 0.25) is 0 Å². The lowest BCUT2D eigenvalue weighted by Gasteiger charge is -2.32. The highest BCUT2D eigenvalue weighted by molar-refractivity contribution is 4.98. The second-order valence-electron chi connectivity index (χ2n) is 4.19. The van der Waals surface area contributed by atoms with Crippen LogP contribution >= 0.6 is 0 Å². The number of aromatic nitrogens is 2. The molecule has 1 unspecified atom stereocenters. The zero-order chi connectivity index (χ0) is 11.5. The van der Waals surface area contributed by atoms with Gasteiger partial charge in [0, 0.05) is 33.0 Å². The molecule has 0 aliphatic carbocycles. The first-order valence-corrected chi connectivity index (χ1v) is 4.98. The maximum atomic E-state index is 5.53. The van der Waals surface area contributed by atoms with Crippen molar-refractivity contribution in [1.82, 2.24) is 15.0 Å². The summed E-state index contributed by atoms with van der Waals surface area (Å²) in [5.74, 6) is 6.52. The molecule has 1 heterocycles. The number of hydrogen-bond acceptors (Lipinski definition) is 4. The molecule has 0 spiro atoms. The molecule has 5 heteroatoms. The molecule has 0 fully saturated rings. The standard InChI is InChI=1S/C10H20N4O/c1-10(2,15-4)8(13-11)7-9-12-5-6-14(9)3/h5-6,8,13H,7,11H2,1-4H3. The lowest BCUT2D eigenvalue weighted by atomic mass is 9.96. The number of hydrogen-bond donors (Lipinski definition) is 2. The average Bonchev–Trinajstić information content (AvgIpc) is 2.60. The number of nitrogens with two attached hydrogens (primary N) is 1. The molecule has 3 N–H and O–H groups in total. The highest BCUT2D eigenvalue weighted by Gasteiger charge is 2.29. The van der Waals surface area contributed by atoms with Gasteiger partial charge in [-0.05, 0) is 13.8 Å². The molecular formula is C10H20N4O. The Kier molecular flexibility index (Phi) is 3.84. The first kappa shape index (κ1) is 12.2. The molecule has 0 aliphatic heterocycles. The van der Waals surface area contributed by atoms with Crippen LogP contribution in [-0.4, -0.2) is 28.3 Å². The predicted octanol–water partition coefficient (Wildman–Crippen LogP) is 0.220. The third kappa shape index (κ3) is 2.77. The Morgan fingerprint density at radius 3 is 2.73 bits per heavy atom. The van der Waals surface area contributed by atoms with Crippen LogP contribution in [0.4, 0.5) is 0 Å². The zero-order valence-electron chi connectivity index (χ0n) is 9.82. The maximum Gasteiger partial charge on any atom is 0.110 e. The summed E-state index contributed by atoms with van der Waals surface area (Å²) in [6, 6.07) is 0.0311. The van der Waals surface area contributed by atoms with E-state index in [-0.39, 0.29) is 11.6 Å². The summed E-state index contributed by atoms with van der Waals surface area (Å²) in [5.41, 5.74) is 2.46. The molecule has 0 amide bonds. The van der Waals surface area contributed by atoms with E-state index in [2.05, 4.69) is 10.4 Å². The number of nitrogens with one attached hydrogen (secondary N) is 1. The monoisotopic (exact) mass is 212 g/mol. The topological polar surface area (TPSA) is 65.1 Å². The molecule has 0 bridgehead atoms. The van der Waals surface area contributed by atoms with E-state index in [0.717, 1.165) is 12.2 Å². The average molecular weight is 212 g/mol. The number of methoxy groups -OCH3 is 1. The quantitative estimate of drug-likeness (QED) is 0.541. The Labute approximate surface area is 90.6 Å². The van der Waals surface area contributed by atoms with E-state index in [1.165, 1.54) is 0 Å². The van der Waals surface area contributed by atoms with Crippen LogP contribution in [0.1, 0.15) is 19.7 Å². The molecule has 0 radical (unpaired) electrons. The summed E-state index contributed by atoms with van der Waals surface area (Å²) >= 11 is 0. The van der Waals surface area contributed by atoms with Crippen LogP contribution < -0.4 is 11.3 Å². The van der Waals surface area contributed by atoms with Gasteiger partial charge in [0.2, 0.25) is 0 Å². The Hall–Kier alpha value is -0.910. The normalized spacial score (nSPS) is 14.2. The summed E-state index contributed by atoms with van der Waals surface area (Å²) < 4.78 is 7.38. The smallest absolute Gasteiger partial charge is 0.110 e. The summed E-state index contributed by atoms with van der Waals surface area (Å²) in [6.45, 7) is 4.00. The Morgan fingerprint density at radius 1 is 1.67 bits per heavy atom. The van der Waals surface area contributed by atoms with Gasteiger partial charge in [-0.2, -0.15) is 0 Å². The molecule has 1 aromatic heterocycles. The van der Waals surface area contributed by atoms with E-state index in [1.54, 1.807) is 13.3 Å². The molecule has 0 aromatic carbocycles. The Morgan fingerprint density at radius 2 is 2.33 bits per heavy atom. The summed E-state index contributed by atoms with van der Waals surface area (Å²) in [6.07, 6.45) is 4.44. The first-order chi connectivity index (χ1) is 7.01. The van der Waals surface area contributed by atoms with Crippen molar-refractivity contribution < 1.29 is 4.74 Å². The van der Waals surface area contributed by atoms with Crippen molar-refractivity contribution in [3.63, 3.8) is 0 Å². The van der Waals surface area contributed by atoms with E-state index >= 15 is 0 Å². The highest BCUT2D eigenvalue weighted by atomic mass is 16.5. The summed E-state index contributed by atoms with van der Waals surface area (Å²) in [7, 11) is 3.65. The minimum Gasteiger partial charge on any atom is -0.377 e. The molecule has 1 atom stereocenters. The maximum absolute atomic E-state index is 5.53.